The Morgan fingerprint density at radius 1 is 0.920 bits per heavy atom. The van der Waals surface area contributed by atoms with Gasteiger partial charge in [-0.1, -0.05) is 13.8 Å². The maximum absolute atomic E-state index is 11.7. The third-order valence-corrected chi connectivity index (χ3v) is 3.98. The molecule has 0 saturated heterocycles. The normalized spacial score (nSPS) is 16.8. The van der Waals surface area contributed by atoms with E-state index in [1.54, 1.807) is 13.8 Å². The number of hydrogen-bond acceptors (Lipinski definition) is 7. The average molecular weight is 362 g/mol. The number of aliphatic hydroxyl groups is 1. The largest absolute Gasteiger partial charge is 0.481 e. The molecule has 0 aliphatic carbocycles. The monoisotopic (exact) mass is 362 g/mol. The van der Waals surface area contributed by atoms with Crippen LogP contribution in [0.4, 0.5) is 0 Å². The summed E-state index contributed by atoms with van der Waals surface area (Å²) in [5.74, 6) is -8.94. The Morgan fingerprint density at radius 3 is 1.72 bits per heavy atom. The summed E-state index contributed by atoms with van der Waals surface area (Å²) in [6.45, 7) is 5.88. The van der Waals surface area contributed by atoms with Crippen molar-refractivity contribution in [3.63, 3.8) is 0 Å². The molecule has 0 radical (unpaired) electrons. The van der Waals surface area contributed by atoms with E-state index < -0.39 is 53.7 Å². The van der Waals surface area contributed by atoms with E-state index >= 15 is 0 Å². The van der Waals surface area contributed by atoms with Gasteiger partial charge >= 0.3 is 23.9 Å². The summed E-state index contributed by atoms with van der Waals surface area (Å²) in [5, 5.41) is 29.6. The molecule has 0 aliphatic rings. The van der Waals surface area contributed by atoms with Crippen molar-refractivity contribution < 1.29 is 44.0 Å². The first-order valence-corrected chi connectivity index (χ1v) is 8.01. The van der Waals surface area contributed by atoms with Crippen LogP contribution in [0, 0.1) is 17.8 Å². The number of aliphatic carboxylic acids is 2. The van der Waals surface area contributed by atoms with E-state index in [9.17, 15) is 34.5 Å². The van der Waals surface area contributed by atoms with Crippen LogP contribution in [0.5, 0.6) is 0 Å². The lowest BCUT2D eigenvalue weighted by molar-refractivity contribution is -0.188. The number of carboxylic acid groups (broad SMARTS) is 2. The van der Waals surface area contributed by atoms with Gasteiger partial charge < -0.3 is 24.8 Å². The lowest BCUT2D eigenvalue weighted by Crippen LogP contribution is -2.56. The van der Waals surface area contributed by atoms with Gasteiger partial charge in [-0.25, -0.2) is 4.79 Å². The second-order valence-corrected chi connectivity index (χ2v) is 5.84. The fourth-order valence-electron chi connectivity index (χ4n) is 2.74. The molecule has 0 fully saturated rings. The zero-order valence-corrected chi connectivity index (χ0v) is 14.9. The molecule has 9 nitrogen and oxygen atoms in total. The quantitative estimate of drug-likeness (QED) is 0.451. The summed E-state index contributed by atoms with van der Waals surface area (Å²) in [7, 11) is 0. The Labute approximate surface area is 145 Å². The van der Waals surface area contributed by atoms with Crippen LogP contribution < -0.4 is 0 Å². The van der Waals surface area contributed by atoms with Crippen LogP contribution in [0.2, 0.25) is 0 Å². The van der Waals surface area contributed by atoms with E-state index in [1.807, 2.05) is 0 Å². The van der Waals surface area contributed by atoms with Crippen molar-refractivity contribution in [1.29, 1.82) is 0 Å². The van der Waals surface area contributed by atoms with E-state index in [0.717, 1.165) is 0 Å². The molecule has 9 heteroatoms. The molecule has 0 amide bonds. The first-order chi connectivity index (χ1) is 11.5. The van der Waals surface area contributed by atoms with E-state index in [-0.39, 0.29) is 19.6 Å². The van der Waals surface area contributed by atoms with Gasteiger partial charge in [-0.3, -0.25) is 14.4 Å². The number of carbonyl (C=O) groups is 4. The summed E-state index contributed by atoms with van der Waals surface area (Å²) < 4.78 is 9.46. The molecule has 0 spiro atoms. The highest BCUT2D eigenvalue weighted by Crippen LogP contribution is 2.36. The fraction of sp³-hybridized carbons (Fsp3) is 0.750. The molecule has 3 N–H and O–H groups in total. The van der Waals surface area contributed by atoms with Crippen LogP contribution in [0.3, 0.4) is 0 Å². The van der Waals surface area contributed by atoms with Gasteiger partial charge in [0, 0.05) is 12.3 Å². The van der Waals surface area contributed by atoms with Crippen LogP contribution in [0.15, 0.2) is 0 Å². The number of carboxylic acids is 2. The minimum atomic E-state index is -2.76. The van der Waals surface area contributed by atoms with Gasteiger partial charge in [-0.05, 0) is 19.8 Å². The number of esters is 2. The lowest BCUT2D eigenvalue weighted by Gasteiger charge is -2.37. The molecule has 4 unspecified atom stereocenters. The Balaban J connectivity index is 5.63. The molecule has 4 atom stereocenters. The predicted molar refractivity (Wildman–Crippen MR) is 84.5 cm³/mol. The molecule has 0 aromatic heterocycles. The van der Waals surface area contributed by atoms with Crippen molar-refractivity contribution in [2.24, 2.45) is 17.8 Å². The Kier molecular flexibility index (Phi) is 9.11. The second-order valence-electron chi connectivity index (χ2n) is 5.84. The van der Waals surface area contributed by atoms with Crippen molar-refractivity contribution in [3.05, 3.63) is 0 Å². The summed E-state index contributed by atoms with van der Waals surface area (Å²) >= 11 is 0. The molecule has 0 heterocycles. The summed E-state index contributed by atoms with van der Waals surface area (Å²) in [6, 6.07) is 0. The Hall–Kier alpha value is -2.16. The highest BCUT2D eigenvalue weighted by Gasteiger charge is 2.55. The lowest BCUT2D eigenvalue weighted by atomic mass is 9.70. The van der Waals surface area contributed by atoms with Gasteiger partial charge in [0.25, 0.3) is 0 Å². The molecule has 0 saturated carbocycles. The molecule has 0 aliphatic heterocycles. The van der Waals surface area contributed by atoms with Gasteiger partial charge in [0.2, 0.25) is 0 Å². The van der Waals surface area contributed by atoms with E-state index in [1.165, 1.54) is 13.8 Å². The average Bonchev–Trinajstić information content (AvgIpc) is 2.46. The minimum Gasteiger partial charge on any atom is -0.481 e. The molecular formula is C16H26O9. The molecule has 0 aromatic carbocycles. The highest BCUT2D eigenvalue weighted by atomic mass is 16.5. The van der Waals surface area contributed by atoms with Crippen molar-refractivity contribution in [1.82, 2.24) is 0 Å². The third kappa shape index (κ3) is 6.00. The summed E-state index contributed by atoms with van der Waals surface area (Å²) in [6.07, 6.45) is -0.862. The first-order valence-electron chi connectivity index (χ1n) is 8.01. The standard InChI is InChI=1S/C16H26O9/c1-5-24-11(17)7-9(3)13(14(19)20)16(23,15(21)22)10(4)8-12(18)25-6-2/h9-10,13,23H,5-8H2,1-4H3,(H,19,20)(H,21,22). The number of carbonyl (C=O) groups excluding carboxylic acids is 2. The topological polar surface area (TPSA) is 147 Å². The van der Waals surface area contributed by atoms with Crippen LogP contribution in [0.1, 0.15) is 40.5 Å². The second kappa shape index (κ2) is 9.97. The number of hydrogen-bond donors (Lipinski definition) is 3. The molecule has 0 rings (SSSR count). The molecular weight excluding hydrogens is 336 g/mol. The minimum absolute atomic E-state index is 0.0681. The van der Waals surface area contributed by atoms with Crippen LogP contribution in [0.25, 0.3) is 0 Å². The molecule has 0 aromatic rings. The fourth-order valence-corrected chi connectivity index (χ4v) is 2.74. The SMILES string of the molecule is CCOC(=O)CC(C)C(C(=O)O)C(O)(C(=O)O)C(C)CC(=O)OCC. The Morgan fingerprint density at radius 2 is 1.36 bits per heavy atom. The Bertz CT molecular complexity index is 502. The number of rotatable bonds is 11. The zero-order chi connectivity index (χ0) is 19.8. The summed E-state index contributed by atoms with van der Waals surface area (Å²) in [4.78, 5) is 46.5. The van der Waals surface area contributed by atoms with Crippen LogP contribution in [-0.2, 0) is 28.7 Å². The third-order valence-electron chi connectivity index (χ3n) is 3.98. The van der Waals surface area contributed by atoms with Gasteiger partial charge in [0.05, 0.1) is 25.6 Å². The van der Waals surface area contributed by atoms with Crippen LogP contribution in [-0.4, -0.2) is 58.0 Å². The van der Waals surface area contributed by atoms with Gasteiger partial charge in [-0.15, -0.1) is 0 Å². The molecule has 0 bridgehead atoms. The van der Waals surface area contributed by atoms with E-state index in [0.29, 0.717) is 0 Å². The maximum Gasteiger partial charge on any atom is 0.336 e. The van der Waals surface area contributed by atoms with Crippen molar-refractivity contribution in [2.75, 3.05) is 13.2 Å². The first kappa shape index (κ1) is 22.8. The maximum atomic E-state index is 11.7. The van der Waals surface area contributed by atoms with E-state index in [2.05, 4.69) is 0 Å². The van der Waals surface area contributed by atoms with Gasteiger partial charge in [0.15, 0.2) is 5.60 Å². The zero-order valence-electron chi connectivity index (χ0n) is 14.9. The van der Waals surface area contributed by atoms with Crippen LogP contribution >= 0.6 is 0 Å². The number of ether oxygens (including phenoxy) is 2. The smallest absolute Gasteiger partial charge is 0.336 e. The van der Waals surface area contributed by atoms with E-state index in [4.69, 9.17) is 9.47 Å². The molecule has 144 valence electrons. The van der Waals surface area contributed by atoms with Crippen molar-refractivity contribution >= 4 is 23.9 Å². The van der Waals surface area contributed by atoms with Gasteiger partial charge in [-0.2, -0.15) is 0 Å². The molecule has 25 heavy (non-hydrogen) atoms. The van der Waals surface area contributed by atoms with Crippen molar-refractivity contribution in [3.8, 4) is 0 Å². The summed E-state index contributed by atoms with van der Waals surface area (Å²) in [5.41, 5.74) is -2.76. The van der Waals surface area contributed by atoms with Gasteiger partial charge in [0.1, 0.15) is 0 Å². The highest BCUT2D eigenvalue weighted by molar-refractivity contribution is 5.87. The predicted octanol–water partition coefficient (Wildman–Crippen LogP) is 0.682. The van der Waals surface area contributed by atoms with Crippen molar-refractivity contribution in [2.45, 2.75) is 46.1 Å².